The molecule has 0 amide bonds. The zero-order valence-corrected chi connectivity index (χ0v) is 37.4. The Morgan fingerprint density at radius 2 is 1.10 bits per heavy atom. The van der Waals surface area contributed by atoms with Gasteiger partial charge in [0.15, 0.2) is 6.10 Å². The first kappa shape index (κ1) is 56.6. The van der Waals surface area contributed by atoms with Crippen molar-refractivity contribution < 1.29 is 52.9 Å². The number of aliphatic hydroxyl groups excluding tert-OH is 3. The summed E-state index contributed by atoms with van der Waals surface area (Å²) in [6, 6.07) is 0. The van der Waals surface area contributed by atoms with Crippen molar-refractivity contribution in [3.8, 4) is 0 Å². The van der Waals surface area contributed by atoms with Crippen LogP contribution in [0.1, 0.15) is 136 Å². The Hall–Kier alpha value is -3.41. The fraction of sp³-hybridized carbons (Fsp3) is 0.583. The topological polar surface area (TPSA) is 169 Å². The molecule has 12 heteroatoms. The van der Waals surface area contributed by atoms with Crippen molar-refractivity contribution in [3.05, 3.63) is 109 Å². The Bertz CT molecular complexity index is 1380. The molecule has 0 aromatic heterocycles. The number of allylic oxidation sites excluding steroid dienone is 17. The smallest absolute Gasteiger partial charge is 0.462 e. The van der Waals surface area contributed by atoms with Gasteiger partial charge in [0.05, 0.1) is 25.9 Å². The molecule has 0 fully saturated rings. The molecule has 0 aliphatic heterocycles. The van der Waals surface area contributed by atoms with Crippen molar-refractivity contribution in [1.29, 1.82) is 0 Å². The van der Waals surface area contributed by atoms with Crippen LogP contribution in [0, 0.1) is 0 Å². The normalized spacial score (nSPS) is 15.4. The van der Waals surface area contributed by atoms with Crippen molar-refractivity contribution in [2.75, 3.05) is 26.4 Å². The maximum Gasteiger partial charge on any atom is 0.472 e. The molecular formula is C48H77O11P. The lowest BCUT2D eigenvalue weighted by atomic mass is 10.1. The summed E-state index contributed by atoms with van der Waals surface area (Å²) >= 11 is 0. The van der Waals surface area contributed by atoms with Gasteiger partial charge in [-0.05, 0) is 83.5 Å². The highest BCUT2D eigenvalue weighted by atomic mass is 31.2. The summed E-state index contributed by atoms with van der Waals surface area (Å²) in [5.41, 5.74) is 0. The van der Waals surface area contributed by atoms with Crippen molar-refractivity contribution in [3.63, 3.8) is 0 Å². The lowest BCUT2D eigenvalue weighted by molar-refractivity contribution is -0.161. The van der Waals surface area contributed by atoms with E-state index in [-0.39, 0.29) is 19.3 Å². The average Bonchev–Trinajstić information content (AvgIpc) is 3.23. The lowest BCUT2D eigenvalue weighted by Gasteiger charge is -2.20. The molecule has 0 heterocycles. The van der Waals surface area contributed by atoms with Gasteiger partial charge in [-0.25, -0.2) is 4.57 Å². The predicted octanol–water partition coefficient (Wildman–Crippen LogP) is 10.7. The van der Waals surface area contributed by atoms with Gasteiger partial charge < -0.3 is 29.7 Å². The number of carbonyl (C=O) groups is 2. The standard InChI is InChI=1S/C48H77O11P/c1-3-5-7-9-11-13-15-17-19-21-23-25-27-29-31-33-35-37-47(52)56-42-46(43-58-60(54,55)57-41-45(51)40-49)59-48(53)39-38-44(50)36-34-32-30-28-26-24-22-20-18-16-14-12-10-8-6-4-2/h6,8,11-14,17-20,23-26,30,32,34,36,44-46,49-51H,3-5,7,9-10,15-16,21-22,27-29,31,33,35,37-43H2,1-2H3,(H,54,55)/b8-6-,13-11-,14-12-,19-17-,20-18-,25-23-,26-24-,32-30-,36-34-/t44?,45-,46+/m0/s1. The summed E-state index contributed by atoms with van der Waals surface area (Å²) in [6.45, 7) is 1.91. The van der Waals surface area contributed by atoms with Gasteiger partial charge >= 0.3 is 19.8 Å². The number of phosphoric acid groups is 1. The van der Waals surface area contributed by atoms with Crippen molar-refractivity contribution >= 4 is 19.8 Å². The van der Waals surface area contributed by atoms with Gasteiger partial charge in [0.2, 0.25) is 0 Å². The Balaban J connectivity index is 4.60. The minimum atomic E-state index is -4.70. The molecule has 340 valence electrons. The van der Waals surface area contributed by atoms with E-state index in [0.717, 1.165) is 77.0 Å². The minimum Gasteiger partial charge on any atom is -0.462 e. The van der Waals surface area contributed by atoms with Gasteiger partial charge in [-0.3, -0.25) is 18.6 Å². The largest absolute Gasteiger partial charge is 0.472 e. The van der Waals surface area contributed by atoms with E-state index in [1.807, 2.05) is 12.2 Å². The summed E-state index contributed by atoms with van der Waals surface area (Å²) in [7, 11) is -4.70. The zero-order chi connectivity index (χ0) is 44.2. The van der Waals surface area contributed by atoms with Crippen molar-refractivity contribution in [2.45, 2.75) is 154 Å². The number of aliphatic hydroxyl groups is 3. The van der Waals surface area contributed by atoms with Gasteiger partial charge in [-0.2, -0.15) is 0 Å². The molecule has 0 bridgehead atoms. The van der Waals surface area contributed by atoms with Crippen LogP contribution < -0.4 is 0 Å². The van der Waals surface area contributed by atoms with Crippen LogP contribution in [-0.4, -0.2) is 76.9 Å². The first-order valence-corrected chi connectivity index (χ1v) is 23.4. The molecule has 0 saturated carbocycles. The van der Waals surface area contributed by atoms with E-state index in [0.29, 0.717) is 6.42 Å². The Labute approximate surface area is 361 Å². The minimum absolute atomic E-state index is 0.0536. The fourth-order valence-electron chi connectivity index (χ4n) is 5.11. The van der Waals surface area contributed by atoms with E-state index in [2.05, 4.69) is 103 Å². The molecule has 0 aliphatic rings. The molecule has 11 nitrogen and oxygen atoms in total. The molecule has 0 aromatic carbocycles. The second-order valence-electron chi connectivity index (χ2n) is 14.2. The number of unbranched alkanes of at least 4 members (excludes halogenated alkanes) is 7. The summed E-state index contributed by atoms with van der Waals surface area (Å²) in [6.07, 6.45) is 49.5. The second-order valence-corrected chi connectivity index (χ2v) is 15.6. The van der Waals surface area contributed by atoms with E-state index < -0.39 is 64.5 Å². The average molecular weight is 861 g/mol. The summed E-state index contributed by atoms with van der Waals surface area (Å²) in [5, 5.41) is 28.7. The number of ether oxygens (including phenoxy) is 2. The highest BCUT2D eigenvalue weighted by Crippen LogP contribution is 2.43. The number of hydrogen-bond acceptors (Lipinski definition) is 10. The van der Waals surface area contributed by atoms with Gasteiger partial charge in [-0.15, -0.1) is 0 Å². The quantitative estimate of drug-likeness (QED) is 0.0153. The van der Waals surface area contributed by atoms with Crippen LogP contribution in [0.25, 0.3) is 0 Å². The highest BCUT2D eigenvalue weighted by molar-refractivity contribution is 7.47. The molecule has 0 aromatic rings. The van der Waals surface area contributed by atoms with Crippen LogP contribution in [0.2, 0.25) is 0 Å². The van der Waals surface area contributed by atoms with Gasteiger partial charge in [0.25, 0.3) is 0 Å². The lowest BCUT2D eigenvalue weighted by Crippen LogP contribution is -2.30. The fourth-order valence-corrected chi connectivity index (χ4v) is 5.90. The number of carbonyl (C=O) groups excluding carboxylic acids is 2. The van der Waals surface area contributed by atoms with E-state index in [1.54, 1.807) is 12.2 Å². The van der Waals surface area contributed by atoms with Crippen LogP contribution in [0.3, 0.4) is 0 Å². The number of rotatable bonds is 39. The second kappa shape index (κ2) is 42.3. The molecule has 0 spiro atoms. The maximum absolute atomic E-state index is 12.6. The maximum atomic E-state index is 12.6. The number of phosphoric ester groups is 1. The molecule has 0 rings (SSSR count). The van der Waals surface area contributed by atoms with E-state index >= 15 is 0 Å². The van der Waals surface area contributed by atoms with Gasteiger partial charge in [0, 0.05) is 12.8 Å². The van der Waals surface area contributed by atoms with Crippen LogP contribution in [0.5, 0.6) is 0 Å². The van der Waals surface area contributed by atoms with Gasteiger partial charge in [-0.1, -0.05) is 149 Å². The molecule has 0 aliphatic carbocycles. The number of esters is 2. The first-order valence-electron chi connectivity index (χ1n) is 22.0. The molecule has 4 atom stereocenters. The third-order valence-electron chi connectivity index (χ3n) is 8.53. The Morgan fingerprint density at radius 1 is 0.583 bits per heavy atom. The molecule has 0 radical (unpaired) electrons. The SMILES string of the molecule is CC/C=C\C/C=C\C/C=C\C/C=C\C/C=C\C=C/C(O)CCC(=O)O[C@H](COC(=O)CCCCCC/C=C\C/C=C\C/C=C\CCCCC)COP(=O)(O)OC[C@@H](O)CO. The summed E-state index contributed by atoms with van der Waals surface area (Å²) in [4.78, 5) is 35.0. The van der Waals surface area contributed by atoms with Crippen molar-refractivity contribution in [1.82, 2.24) is 0 Å². The summed E-state index contributed by atoms with van der Waals surface area (Å²) < 4.78 is 32.5. The molecule has 2 unspecified atom stereocenters. The highest BCUT2D eigenvalue weighted by Gasteiger charge is 2.27. The van der Waals surface area contributed by atoms with Crippen LogP contribution in [0.15, 0.2) is 109 Å². The molecule has 0 saturated heterocycles. The monoisotopic (exact) mass is 861 g/mol. The third kappa shape index (κ3) is 41.3. The van der Waals surface area contributed by atoms with Crippen molar-refractivity contribution in [2.24, 2.45) is 0 Å². The Morgan fingerprint density at radius 3 is 1.67 bits per heavy atom. The first-order chi connectivity index (χ1) is 29.1. The molecule has 4 N–H and O–H groups in total. The third-order valence-corrected chi connectivity index (χ3v) is 9.48. The van der Waals surface area contributed by atoms with E-state index in [4.69, 9.17) is 19.1 Å². The van der Waals surface area contributed by atoms with Gasteiger partial charge in [0.1, 0.15) is 12.7 Å². The van der Waals surface area contributed by atoms with E-state index in [1.165, 1.54) is 19.3 Å². The van der Waals surface area contributed by atoms with Crippen LogP contribution >= 0.6 is 7.82 Å². The van der Waals surface area contributed by atoms with E-state index in [9.17, 15) is 29.3 Å². The zero-order valence-electron chi connectivity index (χ0n) is 36.5. The number of hydrogen-bond donors (Lipinski definition) is 4. The molecular weight excluding hydrogens is 783 g/mol. The van der Waals surface area contributed by atoms with Crippen LogP contribution in [-0.2, 0) is 32.7 Å². The molecule has 60 heavy (non-hydrogen) atoms. The Kier molecular flexibility index (Phi) is 39.9. The van der Waals surface area contributed by atoms with Crippen LogP contribution in [0.4, 0.5) is 0 Å². The predicted molar refractivity (Wildman–Crippen MR) is 243 cm³/mol. The summed E-state index contributed by atoms with van der Waals surface area (Å²) in [5.74, 6) is -1.24.